The average Bonchev–Trinajstić information content (AvgIpc) is 2.55. The fraction of sp³-hybridized carbons (Fsp3) is 0.727. The first-order chi connectivity index (χ1) is 15.6. The van der Waals surface area contributed by atoms with Gasteiger partial charge in [0.2, 0.25) is 0 Å². The number of hydrogen-bond acceptors (Lipinski definition) is 6. The van der Waals surface area contributed by atoms with Gasteiger partial charge in [0, 0.05) is 0 Å². The molecule has 0 aliphatic rings. The molecule has 0 aromatic heterocycles. The van der Waals surface area contributed by atoms with Crippen LogP contribution < -0.4 is 0 Å². The van der Waals surface area contributed by atoms with Crippen molar-refractivity contribution >= 4 is 68.2 Å². The maximum Gasteiger partial charge on any atom is 0.342 e. The Morgan fingerprint density at radius 1 is 0.472 bits per heavy atom. The zero-order valence-electron chi connectivity index (χ0n) is 26.4. The molecule has 0 fully saturated rings. The highest BCUT2D eigenvalue weighted by molar-refractivity contribution is 6.93. The van der Waals surface area contributed by atoms with Gasteiger partial charge in [-0.2, -0.15) is 0 Å². The Bertz CT molecular complexity index is 716. The Hall–Kier alpha value is 0.715. The maximum absolute atomic E-state index is 6.34. The fourth-order valence-corrected chi connectivity index (χ4v) is 33.4. The lowest BCUT2D eigenvalue weighted by atomic mass is 11.3. The summed E-state index contributed by atoms with van der Waals surface area (Å²) in [6.07, 6.45) is 0. The minimum absolute atomic E-state index is 1.46. The van der Waals surface area contributed by atoms with E-state index in [0.29, 0.717) is 0 Å². The van der Waals surface area contributed by atoms with E-state index in [0.717, 1.165) is 0 Å². The van der Waals surface area contributed by atoms with Crippen molar-refractivity contribution in [3.63, 3.8) is 0 Å². The van der Waals surface area contributed by atoms with E-state index >= 15 is 0 Å². The van der Waals surface area contributed by atoms with Crippen LogP contribution in [-0.4, -0.2) is 68.2 Å². The molecule has 0 spiro atoms. The first-order valence-electron chi connectivity index (χ1n) is 12.7. The van der Waals surface area contributed by atoms with E-state index in [1.54, 1.807) is 0 Å². The summed E-state index contributed by atoms with van der Waals surface area (Å²) in [5, 5.41) is 0. The Morgan fingerprint density at radius 2 is 0.889 bits per heavy atom. The summed E-state index contributed by atoms with van der Waals surface area (Å²) in [5.41, 5.74) is 5.69. The van der Waals surface area contributed by atoms with Crippen LogP contribution in [0.2, 0.25) is 105 Å². The van der Waals surface area contributed by atoms with Crippen molar-refractivity contribution in [2.45, 2.75) is 105 Å². The molecule has 2 unspecified atom stereocenters. The normalized spacial score (nSPS) is 16.3. The molecule has 0 aromatic rings. The van der Waals surface area contributed by atoms with Crippen LogP contribution in [0.4, 0.5) is 0 Å². The van der Waals surface area contributed by atoms with Crippen molar-refractivity contribution in [2.75, 3.05) is 0 Å². The summed E-state index contributed by atoms with van der Waals surface area (Å²) in [5.74, 6) is 0. The smallest absolute Gasteiger partial charge is 0.342 e. The molecule has 214 valence electrons. The van der Waals surface area contributed by atoms with Crippen molar-refractivity contribution in [3.8, 4) is 0 Å². The summed E-state index contributed by atoms with van der Waals surface area (Å²) in [6, 6.07) is 0. The lowest BCUT2D eigenvalue weighted by Crippen LogP contribution is -2.56. The summed E-state index contributed by atoms with van der Waals surface area (Å²) < 4.78 is 37.1. The second kappa shape index (κ2) is 14.4. The zero-order chi connectivity index (χ0) is 29.4. The summed E-state index contributed by atoms with van der Waals surface area (Å²) in [6.45, 7) is 45.8. The van der Waals surface area contributed by atoms with Crippen LogP contribution in [0.1, 0.15) is 0 Å². The first-order valence-corrected chi connectivity index (χ1v) is 35.6. The molecule has 2 atom stereocenters. The Kier molecular flexibility index (Phi) is 15.5. The number of hydrogen-bond donors (Lipinski definition) is 0. The lowest BCUT2D eigenvalue weighted by Gasteiger charge is -2.39. The minimum Gasteiger partial charge on any atom is -0.439 e. The standard InChI is InChI=1S/C13H30O3Si4.C9H28O3Si4/c1-11-17(4,5)14-19(8,9)16-20(10,13-3)15-18(6,7)12-2;1-13(10-14(2,3)4)11-16(8,9)12-15(5,6)7/h11-13H,1-3H2,4-10H3;13H,1-9H3. The molecular weight excluding hydrogens is 585 g/mol. The number of rotatable bonds is 15. The van der Waals surface area contributed by atoms with Crippen LogP contribution in [-0.2, 0) is 24.7 Å². The predicted molar refractivity (Wildman–Crippen MR) is 178 cm³/mol. The molecule has 0 heterocycles. The fourth-order valence-electron chi connectivity index (χ4n) is 3.54. The van der Waals surface area contributed by atoms with Gasteiger partial charge in [-0.1, -0.05) is 17.1 Å². The Balaban J connectivity index is 0. The van der Waals surface area contributed by atoms with Gasteiger partial charge in [-0.05, 0) is 105 Å². The van der Waals surface area contributed by atoms with E-state index in [1.165, 1.54) is 0 Å². The molecule has 14 heteroatoms. The molecule has 0 radical (unpaired) electrons. The molecule has 0 saturated carbocycles. The van der Waals surface area contributed by atoms with Gasteiger partial charge < -0.3 is 24.7 Å². The largest absolute Gasteiger partial charge is 0.439 e. The third-order valence-corrected chi connectivity index (χ3v) is 30.6. The first kappa shape index (κ1) is 38.9. The molecule has 0 aromatic carbocycles. The van der Waals surface area contributed by atoms with Gasteiger partial charge >= 0.3 is 25.7 Å². The van der Waals surface area contributed by atoms with Gasteiger partial charge in [-0.3, -0.25) is 0 Å². The third-order valence-electron chi connectivity index (χ3n) is 4.30. The molecule has 0 amide bonds. The molecule has 0 aliphatic carbocycles. The van der Waals surface area contributed by atoms with Gasteiger partial charge in [0.1, 0.15) is 0 Å². The quantitative estimate of drug-likeness (QED) is 0.171. The van der Waals surface area contributed by atoms with E-state index in [2.05, 4.69) is 118 Å². The zero-order valence-corrected chi connectivity index (χ0v) is 34.5. The van der Waals surface area contributed by atoms with Crippen molar-refractivity contribution in [1.82, 2.24) is 0 Å². The second-order valence-electron chi connectivity index (χ2n) is 13.1. The molecule has 36 heavy (non-hydrogen) atoms. The summed E-state index contributed by atoms with van der Waals surface area (Å²) in [4.78, 5) is 0. The molecular formula is C22H58O6Si8. The van der Waals surface area contributed by atoms with E-state index in [9.17, 15) is 0 Å². The van der Waals surface area contributed by atoms with Crippen molar-refractivity contribution < 1.29 is 24.7 Å². The predicted octanol–water partition coefficient (Wildman–Crippen LogP) is 7.65. The highest BCUT2D eigenvalue weighted by atomic mass is 28.5. The summed E-state index contributed by atoms with van der Waals surface area (Å²) >= 11 is 0. The highest BCUT2D eigenvalue weighted by Gasteiger charge is 2.43. The molecule has 0 aliphatic heterocycles. The Morgan fingerprint density at radius 3 is 1.22 bits per heavy atom. The van der Waals surface area contributed by atoms with Gasteiger partial charge in [0.25, 0.3) is 9.28 Å². The second-order valence-corrected chi connectivity index (χ2v) is 43.1. The third kappa shape index (κ3) is 20.6. The minimum atomic E-state index is -2.45. The Labute approximate surface area is 233 Å². The average molecular weight is 643 g/mol. The molecule has 0 bridgehead atoms. The van der Waals surface area contributed by atoms with Crippen LogP contribution >= 0.6 is 0 Å². The molecule has 6 nitrogen and oxygen atoms in total. The van der Waals surface area contributed by atoms with Crippen LogP contribution in [0.15, 0.2) is 36.8 Å². The van der Waals surface area contributed by atoms with Crippen molar-refractivity contribution in [2.24, 2.45) is 0 Å². The molecule has 0 rings (SSSR count). The SMILES string of the molecule is C=C[Si](C)(C)O[Si](C)(C)O[Si](C)(C=C)O[Si](C)(C)C=C.C[SiH](O[Si](C)(C)C)O[Si](C)(C)O[Si](C)(C)C. The highest BCUT2D eigenvalue weighted by Crippen LogP contribution is 2.25. The monoisotopic (exact) mass is 642 g/mol. The maximum atomic E-state index is 6.34. The van der Waals surface area contributed by atoms with E-state index in [-0.39, 0.29) is 0 Å². The van der Waals surface area contributed by atoms with E-state index < -0.39 is 68.2 Å². The van der Waals surface area contributed by atoms with Gasteiger partial charge in [-0.25, -0.2) is 0 Å². The van der Waals surface area contributed by atoms with E-state index in [1.807, 2.05) is 23.6 Å². The van der Waals surface area contributed by atoms with Crippen molar-refractivity contribution in [3.05, 3.63) is 36.8 Å². The topological polar surface area (TPSA) is 55.4 Å². The lowest BCUT2D eigenvalue weighted by molar-refractivity contribution is 0.338. The van der Waals surface area contributed by atoms with Gasteiger partial charge in [0.15, 0.2) is 33.3 Å². The molecule has 0 N–H and O–H groups in total. The van der Waals surface area contributed by atoms with Crippen LogP contribution in [0.25, 0.3) is 0 Å². The van der Waals surface area contributed by atoms with Crippen LogP contribution in [0.5, 0.6) is 0 Å². The summed E-state index contributed by atoms with van der Waals surface area (Å²) in [7, 11) is -15.0. The van der Waals surface area contributed by atoms with Crippen molar-refractivity contribution in [1.29, 1.82) is 0 Å². The van der Waals surface area contributed by atoms with E-state index in [4.69, 9.17) is 24.7 Å². The van der Waals surface area contributed by atoms with Gasteiger partial charge in [0.05, 0.1) is 0 Å². The van der Waals surface area contributed by atoms with Crippen LogP contribution in [0.3, 0.4) is 0 Å². The van der Waals surface area contributed by atoms with Crippen LogP contribution in [0, 0.1) is 0 Å². The molecule has 0 saturated heterocycles. The van der Waals surface area contributed by atoms with Gasteiger partial charge in [-0.15, -0.1) is 19.7 Å².